The Morgan fingerprint density at radius 3 is 2.80 bits per heavy atom. The van der Waals surface area contributed by atoms with Crippen molar-refractivity contribution in [1.29, 1.82) is 0 Å². The molecule has 3 aliphatic heterocycles. The summed E-state index contributed by atoms with van der Waals surface area (Å²) < 4.78 is 10.1. The zero-order chi connectivity index (χ0) is 20.7. The first-order valence-corrected chi connectivity index (χ1v) is 12.4. The molecule has 0 unspecified atom stereocenters. The molecule has 11 heteroatoms. The zero-order valence-corrected chi connectivity index (χ0v) is 18.7. The summed E-state index contributed by atoms with van der Waals surface area (Å²) >= 11 is 6.81. The van der Waals surface area contributed by atoms with Crippen LogP contribution in [0.3, 0.4) is 0 Å². The van der Waals surface area contributed by atoms with Gasteiger partial charge in [-0.1, -0.05) is 58.9 Å². The van der Waals surface area contributed by atoms with E-state index in [1.165, 1.54) is 14.8 Å². The van der Waals surface area contributed by atoms with Crippen molar-refractivity contribution in [1.82, 2.24) is 14.5 Å². The Balaban J connectivity index is 1.46. The SMILES string of the molecule is Nc1ncnc2c1c(C#CC1=CSC(=C3SC=CS3)S1)cn2[C@H]1C[C@H](O)[C@@H](CO)O1. The lowest BCUT2D eigenvalue weighted by Gasteiger charge is -2.14. The Hall–Kier alpha value is -1.52. The highest BCUT2D eigenvalue weighted by Gasteiger charge is 2.35. The minimum atomic E-state index is -0.740. The lowest BCUT2D eigenvalue weighted by Crippen LogP contribution is -2.24. The number of fused-ring (bicyclic) bond motifs is 1. The second kappa shape index (κ2) is 8.55. The van der Waals surface area contributed by atoms with Crippen molar-refractivity contribution < 1.29 is 14.9 Å². The summed E-state index contributed by atoms with van der Waals surface area (Å²) in [6, 6.07) is 0. The van der Waals surface area contributed by atoms with Crippen LogP contribution in [0.25, 0.3) is 11.0 Å². The molecular formula is C19H16N4O3S4. The average molecular weight is 477 g/mol. The van der Waals surface area contributed by atoms with E-state index in [4.69, 9.17) is 10.5 Å². The van der Waals surface area contributed by atoms with Crippen LogP contribution in [0, 0.1) is 11.8 Å². The number of aromatic nitrogens is 3. The van der Waals surface area contributed by atoms with Crippen LogP contribution in [0.5, 0.6) is 0 Å². The van der Waals surface area contributed by atoms with Gasteiger partial charge in [-0.25, -0.2) is 9.97 Å². The Bertz CT molecular complexity index is 1150. The van der Waals surface area contributed by atoms with Gasteiger partial charge in [-0.2, -0.15) is 0 Å². The topological polar surface area (TPSA) is 106 Å². The molecule has 5 heterocycles. The number of nitrogen functional groups attached to an aromatic ring is 1. The molecule has 0 aromatic carbocycles. The van der Waals surface area contributed by atoms with Crippen LogP contribution in [-0.2, 0) is 4.74 Å². The smallest absolute Gasteiger partial charge is 0.148 e. The summed E-state index contributed by atoms with van der Waals surface area (Å²) in [5.41, 5.74) is 7.43. The van der Waals surface area contributed by atoms with E-state index >= 15 is 0 Å². The Morgan fingerprint density at radius 2 is 2.03 bits per heavy atom. The van der Waals surface area contributed by atoms with Gasteiger partial charge in [0.2, 0.25) is 0 Å². The molecule has 30 heavy (non-hydrogen) atoms. The molecule has 154 valence electrons. The van der Waals surface area contributed by atoms with Crippen molar-refractivity contribution in [2.24, 2.45) is 0 Å². The molecule has 0 aliphatic carbocycles. The first-order chi connectivity index (χ1) is 14.6. The van der Waals surface area contributed by atoms with Crippen LogP contribution in [0.2, 0.25) is 0 Å². The molecule has 2 aromatic heterocycles. The van der Waals surface area contributed by atoms with E-state index in [1.807, 2.05) is 10.8 Å². The van der Waals surface area contributed by atoms with Crippen LogP contribution in [0.1, 0.15) is 18.2 Å². The Morgan fingerprint density at radius 1 is 1.20 bits per heavy atom. The number of nitrogens with zero attached hydrogens (tertiary/aromatic N) is 3. The first-order valence-electron chi connectivity index (χ1n) is 8.98. The maximum absolute atomic E-state index is 10.1. The third-order valence-corrected chi connectivity index (χ3v) is 9.64. The standard InChI is InChI=1S/C19H16N4O3S4/c20-16-15-10(1-2-11-8-29-19(30-11)18-27-3-4-28-18)6-23(17(15)22-9-21-16)14-5-12(25)13(7-24)26-14/h3-4,6,8-9,12-14,24-25H,5,7H2,(H2,20,21,22)/t12-,13+,14+/m0/s1. The normalized spacial score (nSPS) is 25.8. The molecule has 0 saturated carbocycles. The summed E-state index contributed by atoms with van der Waals surface area (Å²) in [6.45, 7) is -0.242. The minimum Gasteiger partial charge on any atom is -0.394 e. The molecule has 1 fully saturated rings. The van der Waals surface area contributed by atoms with Crippen molar-refractivity contribution in [3.05, 3.63) is 47.7 Å². The molecule has 7 nitrogen and oxygen atoms in total. The van der Waals surface area contributed by atoms with Crippen LogP contribution in [0.15, 0.2) is 42.1 Å². The number of rotatable bonds is 2. The van der Waals surface area contributed by atoms with Gasteiger partial charge in [-0.15, -0.1) is 0 Å². The molecule has 4 N–H and O–H groups in total. The number of hydrogen-bond acceptors (Lipinski definition) is 10. The second-order valence-corrected chi connectivity index (χ2v) is 10.8. The molecule has 2 aromatic rings. The van der Waals surface area contributed by atoms with Gasteiger partial charge in [0.25, 0.3) is 0 Å². The van der Waals surface area contributed by atoms with E-state index in [1.54, 1.807) is 47.0 Å². The number of anilines is 1. The maximum atomic E-state index is 10.1. The quantitative estimate of drug-likeness (QED) is 0.558. The molecule has 0 radical (unpaired) electrons. The Kier molecular flexibility index (Phi) is 5.81. The Labute approximate surface area is 189 Å². The molecule has 3 atom stereocenters. The number of aliphatic hydroxyl groups excluding tert-OH is 2. The fourth-order valence-electron chi connectivity index (χ4n) is 3.30. The van der Waals surface area contributed by atoms with Gasteiger partial charge in [0.05, 0.1) is 37.0 Å². The molecule has 0 amide bonds. The highest BCUT2D eigenvalue weighted by atomic mass is 32.2. The predicted molar refractivity (Wildman–Crippen MR) is 125 cm³/mol. The van der Waals surface area contributed by atoms with Crippen LogP contribution < -0.4 is 5.73 Å². The molecule has 5 rings (SSSR count). The summed E-state index contributed by atoms with van der Waals surface area (Å²) in [6.07, 6.45) is 1.76. The van der Waals surface area contributed by atoms with E-state index in [0.717, 1.165) is 4.91 Å². The molecule has 0 spiro atoms. The fourth-order valence-corrected chi connectivity index (χ4v) is 7.56. The molecular weight excluding hydrogens is 461 g/mol. The van der Waals surface area contributed by atoms with Crippen molar-refractivity contribution in [3.8, 4) is 11.8 Å². The zero-order valence-electron chi connectivity index (χ0n) is 15.4. The average Bonchev–Trinajstić information content (AvgIpc) is 3.52. The number of thioether (sulfide) groups is 4. The molecule has 1 saturated heterocycles. The van der Waals surface area contributed by atoms with Crippen LogP contribution in [0.4, 0.5) is 5.82 Å². The first kappa shape index (κ1) is 20.4. The lowest BCUT2D eigenvalue weighted by atomic mass is 10.2. The van der Waals surface area contributed by atoms with Crippen molar-refractivity contribution >= 4 is 63.9 Å². The number of hydrogen-bond donors (Lipinski definition) is 3. The third kappa shape index (κ3) is 3.78. The number of nitrogens with two attached hydrogens (primary N) is 1. The van der Waals surface area contributed by atoms with Crippen molar-refractivity contribution in [3.63, 3.8) is 0 Å². The monoisotopic (exact) mass is 476 g/mol. The van der Waals surface area contributed by atoms with Crippen LogP contribution in [-0.4, -0.2) is 43.6 Å². The van der Waals surface area contributed by atoms with E-state index in [-0.39, 0.29) is 6.61 Å². The third-order valence-electron chi connectivity index (χ3n) is 4.70. The van der Waals surface area contributed by atoms with E-state index < -0.39 is 18.4 Å². The molecule has 3 aliphatic rings. The predicted octanol–water partition coefficient (Wildman–Crippen LogP) is 3.40. The summed E-state index contributed by atoms with van der Waals surface area (Å²) in [5, 5.41) is 26.4. The summed E-state index contributed by atoms with van der Waals surface area (Å²) in [4.78, 5) is 9.45. The fraction of sp³-hybridized carbons (Fsp3) is 0.263. The van der Waals surface area contributed by atoms with Gasteiger partial charge < -0.3 is 25.3 Å². The van der Waals surface area contributed by atoms with E-state index in [0.29, 0.717) is 28.8 Å². The minimum absolute atomic E-state index is 0.242. The highest BCUT2D eigenvalue weighted by Crippen LogP contribution is 2.52. The van der Waals surface area contributed by atoms with Gasteiger partial charge in [0.1, 0.15) is 30.1 Å². The maximum Gasteiger partial charge on any atom is 0.148 e. The summed E-state index contributed by atoms with van der Waals surface area (Å²) in [5.74, 6) is 6.78. The van der Waals surface area contributed by atoms with Gasteiger partial charge >= 0.3 is 0 Å². The lowest BCUT2D eigenvalue weighted by molar-refractivity contribution is -0.0430. The van der Waals surface area contributed by atoms with Gasteiger partial charge in [-0.3, -0.25) is 0 Å². The summed E-state index contributed by atoms with van der Waals surface area (Å²) in [7, 11) is 0. The second-order valence-electron chi connectivity index (χ2n) is 6.56. The number of allylic oxidation sites excluding steroid dienone is 1. The largest absolute Gasteiger partial charge is 0.394 e. The molecule has 0 bridgehead atoms. The van der Waals surface area contributed by atoms with E-state index in [2.05, 4.69) is 38.0 Å². The van der Waals surface area contributed by atoms with E-state index in [9.17, 15) is 10.2 Å². The van der Waals surface area contributed by atoms with Gasteiger partial charge in [0.15, 0.2) is 0 Å². The highest BCUT2D eigenvalue weighted by molar-refractivity contribution is 8.33. The van der Waals surface area contributed by atoms with Gasteiger partial charge in [0, 0.05) is 12.6 Å². The van der Waals surface area contributed by atoms with Gasteiger partial charge in [-0.05, 0) is 16.2 Å². The van der Waals surface area contributed by atoms with Crippen LogP contribution >= 0.6 is 47.0 Å². The number of ether oxygens (including phenoxy) is 1. The number of aliphatic hydroxyl groups is 2. The van der Waals surface area contributed by atoms with Crippen molar-refractivity contribution in [2.45, 2.75) is 24.9 Å². The van der Waals surface area contributed by atoms with Crippen molar-refractivity contribution in [2.75, 3.05) is 12.3 Å².